The van der Waals surface area contributed by atoms with Crippen molar-refractivity contribution < 1.29 is 4.74 Å². The number of fused-ring (bicyclic) bond motifs is 1. The number of hydrogen-bond acceptors (Lipinski definition) is 2. The highest BCUT2D eigenvalue weighted by Gasteiger charge is 2.23. The molecule has 0 saturated heterocycles. The molecule has 1 aliphatic rings. The third-order valence-corrected chi connectivity index (χ3v) is 3.05. The van der Waals surface area contributed by atoms with Crippen molar-refractivity contribution in [2.45, 2.75) is 5.92 Å². The lowest BCUT2D eigenvalue weighted by atomic mass is 10.0. The molecule has 1 atom stereocenters. The number of nitrogens with zero attached hydrogens (tertiary/aromatic N) is 3. The highest BCUT2D eigenvalue weighted by Crippen LogP contribution is 2.33. The van der Waals surface area contributed by atoms with Crippen molar-refractivity contribution in [3.63, 3.8) is 0 Å². The molecule has 0 saturated carbocycles. The molecule has 4 heteroatoms. The van der Waals surface area contributed by atoms with Gasteiger partial charge < -0.3 is 14.5 Å². The summed E-state index contributed by atoms with van der Waals surface area (Å²) in [6.07, 6.45) is 0. The average molecular weight is 247 g/mol. The van der Waals surface area contributed by atoms with E-state index in [1.54, 1.807) is 0 Å². The minimum atomic E-state index is 0.371. The van der Waals surface area contributed by atoms with Crippen LogP contribution in [0.5, 0.6) is 5.75 Å². The van der Waals surface area contributed by atoms with Crippen LogP contribution in [0.25, 0.3) is 0 Å². The van der Waals surface area contributed by atoms with E-state index >= 15 is 0 Å². The number of aliphatic imine (C=N–C) groups is 1. The van der Waals surface area contributed by atoms with E-state index in [-0.39, 0.29) is 0 Å². The Morgan fingerprint density at radius 1 is 1.22 bits per heavy atom. The fourth-order valence-corrected chi connectivity index (χ4v) is 2.26. The van der Waals surface area contributed by atoms with Crippen LogP contribution >= 0.6 is 0 Å². The molecule has 4 nitrogen and oxygen atoms in total. The molecule has 1 aliphatic heterocycles. The molecule has 0 fully saturated rings. The fraction of sp³-hybridized carbons (Fsp3) is 0.500. The van der Waals surface area contributed by atoms with Gasteiger partial charge in [-0.2, -0.15) is 0 Å². The van der Waals surface area contributed by atoms with Crippen molar-refractivity contribution in [3.8, 4) is 5.75 Å². The molecule has 98 valence electrons. The predicted molar refractivity (Wildman–Crippen MR) is 74.4 cm³/mol. The van der Waals surface area contributed by atoms with E-state index in [1.165, 1.54) is 5.56 Å². The van der Waals surface area contributed by atoms with E-state index in [0.29, 0.717) is 5.92 Å². The summed E-state index contributed by atoms with van der Waals surface area (Å²) in [6, 6.07) is 8.23. The number of rotatable bonds is 2. The standard InChI is InChI=1S/C14H21N3O/c1-16(2)14(17(3)4)15-9-11-10-18-13-8-6-5-7-12(11)13/h5-8,11H,9-10H2,1-4H3. The Kier molecular flexibility index (Phi) is 3.75. The second kappa shape index (κ2) is 5.29. The Bertz CT molecular complexity index is 430. The Morgan fingerprint density at radius 2 is 1.89 bits per heavy atom. The molecule has 1 heterocycles. The average Bonchev–Trinajstić information content (AvgIpc) is 2.72. The first kappa shape index (κ1) is 12.7. The topological polar surface area (TPSA) is 28.1 Å². The highest BCUT2D eigenvalue weighted by molar-refractivity contribution is 5.79. The van der Waals surface area contributed by atoms with Gasteiger partial charge in [0, 0.05) is 39.7 Å². The maximum atomic E-state index is 5.67. The minimum absolute atomic E-state index is 0.371. The molecule has 0 N–H and O–H groups in total. The molecule has 1 aromatic rings. The van der Waals surface area contributed by atoms with Gasteiger partial charge in [0.2, 0.25) is 0 Å². The minimum Gasteiger partial charge on any atom is -0.493 e. The van der Waals surface area contributed by atoms with Gasteiger partial charge in [-0.15, -0.1) is 0 Å². The summed E-state index contributed by atoms with van der Waals surface area (Å²) in [6.45, 7) is 1.50. The lowest BCUT2D eigenvalue weighted by molar-refractivity contribution is 0.332. The van der Waals surface area contributed by atoms with Gasteiger partial charge in [0.25, 0.3) is 0 Å². The summed E-state index contributed by atoms with van der Waals surface area (Å²) >= 11 is 0. The van der Waals surface area contributed by atoms with Crippen molar-refractivity contribution >= 4 is 5.96 Å². The largest absolute Gasteiger partial charge is 0.493 e. The predicted octanol–water partition coefficient (Wildman–Crippen LogP) is 1.64. The number of ether oxygens (including phenoxy) is 1. The van der Waals surface area contributed by atoms with Crippen molar-refractivity contribution in [2.24, 2.45) is 4.99 Å². The van der Waals surface area contributed by atoms with E-state index in [4.69, 9.17) is 9.73 Å². The molecule has 0 amide bonds. The first-order valence-corrected chi connectivity index (χ1v) is 6.20. The highest BCUT2D eigenvalue weighted by atomic mass is 16.5. The lowest BCUT2D eigenvalue weighted by Gasteiger charge is -2.23. The van der Waals surface area contributed by atoms with Crippen LogP contribution in [0.1, 0.15) is 11.5 Å². The van der Waals surface area contributed by atoms with Gasteiger partial charge in [-0.3, -0.25) is 4.99 Å². The first-order valence-electron chi connectivity index (χ1n) is 6.20. The number of hydrogen-bond donors (Lipinski definition) is 0. The second-order valence-electron chi connectivity index (χ2n) is 4.98. The third-order valence-electron chi connectivity index (χ3n) is 3.05. The summed E-state index contributed by atoms with van der Waals surface area (Å²) in [5.41, 5.74) is 1.28. The van der Waals surface area contributed by atoms with Crippen LogP contribution in [0.15, 0.2) is 29.3 Å². The maximum Gasteiger partial charge on any atom is 0.195 e. The van der Waals surface area contributed by atoms with Crippen LogP contribution in [-0.4, -0.2) is 57.1 Å². The summed E-state index contributed by atoms with van der Waals surface area (Å²) < 4.78 is 5.67. The Balaban J connectivity index is 2.10. The monoisotopic (exact) mass is 247 g/mol. The second-order valence-corrected chi connectivity index (χ2v) is 4.98. The molecular formula is C14H21N3O. The van der Waals surface area contributed by atoms with E-state index in [1.807, 2.05) is 50.1 Å². The van der Waals surface area contributed by atoms with Gasteiger partial charge in [0.1, 0.15) is 5.75 Å². The van der Waals surface area contributed by atoms with Crippen LogP contribution < -0.4 is 4.74 Å². The van der Waals surface area contributed by atoms with Gasteiger partial charge in [-0.25, -0.2) is 0 Å². The van der Waals surface area contributed by atoms with Crippen LogP contribution in [0, 0.1) is 0 Å². The van der Waals surface area contributed by atoms with Crippen LogP contribution in [0.4, 0.5) is 0 Å². The van der Waals surface area contributed by atoms with Crippen molar-refractivity contribution in [3.05, 3.63) is 29.8 Å². The van der Waals surface area contributed by atoms with E-state index in [9.17, 15) is 0 Å². The van der Waals surface area contributed by atoms with Gasteiger partial charge in [0.15, 0.2) is 5.96 Å². The third kappa shape index (κ3) is 2.58. The molecule has 0 spiro atoms. The molecule has 18 heavy (non-hydrogen) atoms. The van der Waals surface area contributed by atoms with Crippen molar-refractivity contribution in [1.82, 2.24) is 9.80 Å². The molecule has 1 aromatic carbocycles. The zero-order valence-electron chi connectivity index (χ0n) is 11.6. The Labute approximate surface area is 109 Å². The SMILES string of the molecule is CN(C)C(=NCC1COc2ccccc21)N(C)C. The lowest BCUT2D eigenvalue weighted by Crippen LogP contribution is -2.35. The smallest absolute Gasteiger partial charge is 0.195 e. The van der Waals surface area contributed by atoms with E-state index in [0.717, 1.165) is 24.9 Å². The van der Waals surface area contributed by atoms with Crippen molar-refractivity contribution in [2.75, 3.05) is 41.3 Å². The molecule has 0 bridgehead atoms. The summed E-state index contributed by atoms with van der Waals surface area (Å²) in [5, 5.41) is 0. The maximum absolute atomic E-state index is 5.67. The summed E-state index contributed by atoms with van der Waals surface area (Å²) in [4.78, 5) is 8.75. The normalized spacial score (nSPS) is 16.8. The molecule has 0 aliphatic carbocycles. The molecule has 2 rings (SSSR count). The van der Waals surface area contributed by atoms with Gasteiger partial charge in [0.05, 0.1) is 13.2 Å². The molecular weight excluding hydrogens is 226 g/mol. The van der Waals surface area contributed by atoms with E-state index < -0.39 is 0 Å². The quantitative estimate of drug-likeness (QED) is 0.587. The zero-order chi connectivity index (χ0) is 13.1. The van der Waals surface area contributed by atoms with Gasteiger partial charge in [-0.1, -0.05) is 18.2 Å². The number of benzene rings is 1. The zero-order valence-corrected chi connectivity index (χ0v) is 11.6. The van der Waals surface area contributed by atoms with Gasteiger partial charge >= 0.3 is 0 Å². The molecule has 0 aromatic heterocycles. The number of para-hydroxylation sites is 1. The van der Waals surface area contributed by atoms with Gasteiger partial charge in [-0.05, 0) is 6.07 Å². The van der Waals surface area contributed by atoms with Crippen LogP contribution in [-0.2, 0) is 0 Å². The summed E-state index contributed by atoms with van der Waals surface area (Å²) in [7, 11) is 8.05. The van der Waals surface area contributed by atoms with Crippen molar-refractivity contribution in [1.29, 1.82) is 0 Å². The Morgan fingerprint density at radius 3 is 2.56 bits per heavy atom. The summed E-state index contributed by atoms with van der Waals surface area (Å²) in [5.74, 6) is 2.37. The van der Waals surface area contributed by atoms with Crippen LogP contribution in [0.3, 0.4) is 0 Å². The molecule has 1 unspecified atom stereocenters. The first-order chi connectivity index (χ1) is 8.59. The Hall–Kier alpha value is -1.71. The van der Waals surface area contributed by atoms with Crippen LogP contribution in [0.2, 0.25) is 0 Å². The molecule has 0 radical (unpaired) electrons. The fourth-order valence-electron chi connectivity index (χ4n) is 2.26. The van der Waals surface area contributed by atoms with E-state index in [2.05, 4.69) is 12.1 Å². The number of guanidine groups is 1.